The highest BCUT2D eigenvalue weighted by Crippen LogP contribution is 2.37. The van der Waals surface area contributed by atoms with Crippen LogP contribution in [0.1, 0.15) is 5.82 Å². The smallest absolute Gasteiger partial charge is 0.132 e. The van der Waals surface area contributed by atoms with Crippen LogP contribution in [0.3, 0.4) is 0 Å². The third kappa shape index (κ3) is 2.12. The molecular weight excluding hydrogens is 322 g/mol. The van der Waals surface area contributed by atoms with E-state index in [9.17, 15) is 0 Å². The highest BCUT2D eigenvalue weighted by atomic mass is 79.9. The first-order chi connectivity index (χ1) is 9.22. The molecule has 1 N–H and O–H groups in total. The molecule has 0 atom stereocenters. The van der Waals surface area contributed by atoms with Gasteiger partial charge in [-0.15, -0.1) is 11.3 Å². The van der Waals surface area contributed by atoms with E-state index in [1.54, 1.807) is 11.3 Å². The van der Waals surface area contributed by atoms with Gasteiger partial charge in [0.1, 0.15) is 10.4 Å². The van der Waals surface area contributed by atoms with E-state index in [1.807, 2.05) is 7.05 Å². The fourth-order valence-electron chi connectivity index (χ4n) is 2.28. The van der Waals surface area contributed by atoms with Crippen LogP contribution in [0.4, 0.5) is 0 Å². The number of hydrogen-bond donors (Lipinski definition) is 1. The van der Waals surface area contributed by atoms with E-state index in [0.29, 0.717) is 0 Å². The van der Waals surface area contributed by atoms with Gasteiger partial charge in [0.25, 0.3) is 0 Å². The van der Waals surface area contributed by atoms with Crippen LogP contribution in [0, 0.1) is 0 Å². The first kappa shape index (κ1) is 12.8. The molecule has 0 saturated carbocycles. The van der Waals surface area contributed by atoms with Gasteiger partial charge in [0.05, 0.1) is 12.2 Å². The van der Waals surface area contributed by atoms with E-state index < -0.39 is 0 Å². The number of thiophene rings is 1. The largest absolute Gasteiger partial charge is 0.329 e. The van der Waals surface area contributed by atoms with Gasteiger partial charge in [-0.2, -0.15) is 0 Å². The molecule has 0 spiro atoms. The summed E-state index contributed by atoms with van der Waals surface area (Å²) in [5, 5.41) is 6.63. The number of hydrogen-bond acceptors (Lipinski definition) is 3. The van der Waals surface area contributed by atoms with Gasteiger partial charge < -0.3 is 9.88 Å². The number of halogens is 1. The van der Waals surface area contributed by atoms with Crippen molar-refractivity contribution in [3.05, 3.63) is 40.1 Å². The van der Waals surface area contributed by atoms with Gasteiger partial charge in [0.2, 0.25) is 0 Å². The number of nitrogens with one attached hydrogen (secondary N) is 1. The summed E-state index contributed by atoms with van der Waals surface area (Å²) < 4.78 is 4.36. The van der Waals surface area contributed by atoms with Crippen LogP contribution >= 0.6 is 27.3 Å². The van der Waals surface area contributed by atoms with E-state index in [1.165, 1.54) is 15.6 Å². The Morgan fingerprint density at radius 3 is 2.95 bits per heavy atom. The molecule has 3 aromatic rings. The Labute approximate surface area is 124 Å². The molecule has 0 amide bonds. The first-order valence-corrected chi connectivity index (χ1v) is 7.72. The van der Waals surface area contributed by atoms with Crippen LogP contribution in [0.25, 0.3) is 21.3 Å². The van der Waals surface area contributed by atoms with E-state index >= 15 is 0 Å². The number of nitrogens with zero attached hydrogens (tertiary/aromatic N) is 2. The SMILES string of the molecule is CNCc1nc(Br)c(-c2csc3ccccc23)n1C. The van der Waals surface area contributed by atoms with Crippen molar-refractivity contribution in [3.8, 4) is 11.3 Å². The third-order valence-electron chi connectivity index (χ3n) is 3.22. The molecule has 3 rings (SSSR count). The second-order valence-electron chi connectivity index (χ2n) is 4.40. The summed E-state index contributed by atoms with van der Waals surface area (Å²) in [6.07, 6.45) is 0. The van der Waals surface area contributed by atoms with E-state index in [2.05, 4.69) is 67.5 Å². The van der Waals surface area contributed by atoms with Crippen LogP contribution in [-0.2, 0) is 13.6 Å². The van der Waals surface area contributed by atoms with E-state index in [0.717, 1.165) is 22.7 Å². The third-order valence-corrected chi connectivity index (χ3v) is 4.73. The Morgan fingerprint density at radius 2 is 2.16 bits per heavy atom. The predicted octanol–water partition coefficient (Wildman–Crippen LogP) is 3.78. The summed E-state index contributed by atoms with van der Waals surface area (Å²) in [6.45, 7) is 0.761. The minimum atomic E-state index is 0.761. The Hall–Kier alpha value is -1.17. The van der Waals surface area contributed by atoms with Crippen molar-refractivity contribution in [2.45, 2.75) is 6.54 Å². The summed E-state index contributed by atoms with van der Waals surface area (Å²) >= 11 is 5.36. The Bertz CT molecular complexity index is 729. The fourth-order valence-corrected chi connectivity index (χ4v) is 3.91. The molecule has 0 saturated heterocycles. The Morgan fingerprint density at radius 1 is 1.37 bits per heavy atom. The zero-order valence-electron chi connectivity index (χ0n) is 10.8. The zero-order chi connectivity index (χ0) is 13.4. The summed E-state index contributed by atoms with van der Waals surface area (Å²) in [5.41, 5.74) is 2.38. The molecule has 5 heteroatoms. The number of rotatable bonds is 3. The highest BCUT2D eigenvalue weighted by molar-refractivity contribution is 9.10. The number of imidazole rings is 1. The molecule has 19 heavy (non-hydrogen) atoms. The molecule has 0 aliphatic rings. The second kappa shape index (κ2) is 5.07. The lowest BCUT2D eigenvalue weighted by molar-refractivity contribution is 0.712. The first-order valence-electron chi connectivity index (χ1n) is 6.04. The maximum Gasteiger partial charge on any atom is 0.132 e. The lowest BCUT2D eigenvalue weighted by Gasteiger charge is -2.05. The summed E-state index contributed by atoms with van der Waals surface area (Å²) in [6, 6.07) is 8.48. The van der Waals surface area contributed by atoms with Gasteiger partial charge in [-0.3, -0.25) is 0 Å². The molecule has 0 aliphatic carbocycles. The average molecular weight is 336 g/mol. The molecule has 2 heterocycles. The van der Waals surface area contributed by atoms with Gasteiger partial charge in [0, 0.05) is 28.1 Å². The quantitative estimate of drug-likeness (QED) is 0.789. The molecule has 0 aliphatic heterocycles. The molecule has 3 nitrogen and oxygen atoms in total. The standard InChI is InChI=1S/C14H14BrN3S/c1-16-7-12-17-14(15)13(18(12)2)10-8-19-11-6-4-3-5-9(10)11/h3-6,8,16H,7H2,1-2H3. The summed E-state index contributed by atoms with van der Waals surface area (Å²) in [7, 11) is 3.99. The van der Waals surface area contributed by atoms with Gasteiger partial charge >= 0.3 is 0 Å². The molecule has 0 radical (unpaired) electrons. The maximum absolute atomic E-state index is 4.58. The predicted molar refractivity (Wildman–Crippen MR) is 84.5 cm³/mol. The van der Waals surface area contributed by atoms with Crippen LogP contribution in [0.5, 0.6) is 0 Å². The van der Waals surface area contributed by atoms with Gasteiger partial charge in [-0.1, -0.05) is 18.2 Å². The van der Waals surface area contributed by atoms with E-state index in [-0.39, 0.29) is 0 Å². The number of fused-ring (bicyclic) bond motifs is 1. The average Bonchev–Trinajstić information content (AvgIpc) is 2.93. The number of benzene rings is 1. The number of aromatic nitrogens is 2. The lowest BCUT2D eigenvalue weighted by atomic mass is 10.1. The monoisotopic (exact) mass is 335 g/mol. The zero-order valence-corrected chi connectivity index (χ0v) is 13.2. The highest BCUT2D eigenvalue weighted by Gasteiger charge is 2.17. The van der Waals surface area contributed by atoms with Crippen LogP contribution < -0.4 is 5.32 Å². The van der Waals surface area contributed by atoms with Crippen molar-refractivity contribution in [1.82, 2.24) is 14.9 Å². The Kier molecular flexibility index (Phi) is 3.43. The molecular formula is C14H14BrN3S. The van der Waals surface area contributed by atoms with Crippen molar-refractivity contribution in [3.63, 3.8) is 0 Å². The van der Waals surface area contributed by atoms with Crippen molar-refractivity contribution in [2.75, 3.05) is 7.05 Å². The molecule has 98 valence electrons. The topological polar surface area (TPSA) is 29.9 Å². The van der Waals surface area contributed by atoms with Gasteiger partial charge in [-0.25, -0.2) is 4.98 Å². The normalized spacial score (nSPS) is 11.3. The molecule has 0 bridgehead atoms. The van der Waals surface area contributed by atoms with Crippen molar-refractivity contribution >= 4 is 37.4 Å². The minimum absolute atomic E-state index is 0.761. The van der Waals surface area contributed by atoms with Crippen molar-refractivity contribution in [2.24, 2.45) is 7.05 Å². The van der Waals surface area contributed by atoms with Crippen molar-refractivity contribution < 1.29 is 0 Å². The van der Waals surface area contributed by atoms with Gasteiger partial charge in [0.15, 0.2) is 0 Å². The fraction of sp³-hybridized carbons (Fsp3) is 0.214. The molecule has 0 fully saturated rings. The maximum atomic E-state index is 4.58. The van der Waals surface area contributed by atoms with E-state index in [4.69, 9.17) is 0 Å². The van der Waals surface area contributed by atoms with Crippen LogP contribution in [0.15, 0.2) is 34.2 Å². The molecule has 2 aromatic heterocycles. The Balaban J connectivity index is 2.21. The lowest BCUT2D eigenvalue weighted by Crippen LogP contribution is -2.10. The molecule has 1 aromatic carbocycles. The summed E-state index contributed by atoms with van der Waals surface area (Å²) in [5.74, 6) is 1.03. The molecule has 0 unspecified atom stereocenters. The minimum Gasteiger partial charge on any atom is -0.329 e. The summed E-state index contributed by atoms with van der Waals surface area (Å²) in [4.78, 5) is 4.58. The second-order valence-corrected chi connectivity index (χ2v) is 6.06. The van der Waals surface area contributed by atoms with Crippen molar-refractivity contribution in [1.29, 1.82) is 0 Å². The van der Waals surface area contributed by atoms with Crippen LogP contribution in [-0.4, -0.2) is 16.6 Å². The van der Waals surface area contributed by atoms with Gasteiger partial charge in [-0.05, 0) is 29.0 Å². The van der Waals surface area contributed by atoms with Crippen LogP contribution in [0.2, 0.25) is 0 Å².